The van der Waals surface area contributed by atoms with E-state index in [1.807, 2.05) is 13.8 Å². The van der Waals surface area contributed by atoms with Crippen LogP contribution >= 0.6 is 7.82 Å². The lowest BCUT2D eigenvalue weighted by atomic mass is 10.2. The monoisotopic (exact) mass is 530 g/mol. The number of hydrogen-bond donors (Lipinski definition) is 3. The van der Waals surface area contributed by atoms with Crippen molar-refractivity contribution in [3.05, 3.63) is 0 Å². The number of hydrogen-bond acceptors (Lipinski definition) is 10. The molecule has 0 aromatic heterocycles. The van der Waals surface area contributed by atoms with Crippen LogP contribution in [0.25, 0.3) is 0 Å². The molecule has 13 nitrogen and oxygen atoms in total. The Morgan fingerprint density at radius 1 is 0.714 bits per heavy atom. The van der Waals surface area contributed by atoms with E-state index in [4.69, 9.17) is 32.7 Å². The van der Waals surface area contributed by atoms with Gasteiger partial charge in [0, 0.05) is 19.0 Å². The summed E-state index contributed by atoms with van der Waals surface area (Å²) < 4.78 is 47.4. The average molecular weight is 531 g/mol. The minimum atomic E-state index is -4.03. The first-order valence-corrected chi connectivity index (χ1v) is 13.2. The molecule has 0 spiro atoms. The molecule has 1 atom stereocenters. The van der Waals surface area contributed by atoms with Crippen molar-refractivity contribution in [3.63, 3.8) is 0 Å². The van der Waals surface area contributed by atoms with Crippen molar-refractivity contribution < 1.29 is 51.8 Å². The molecule has 35 heavy (non-hydrogen) atoms. The van der Waals surface area contributed by atoms with E-state index in [1.165, 1.54) is 0 Å². The van der Waals surface area contributed by atoms with Gasteiger partial charge in [0.1, 0.15) is 6.61 Å². The highest BCUT2D eigenvalue weighted by Gasteiger charge is 2.22. The Balaban J connectivity index is 3.32. The number of carbonyl (C=O) groups excluding carboxylic acids is 2. The minimum absolute atomic E-state index is 0.0155. The topological polar surface area (TPSA) is 160 Å². The molecule has 1 unspecified atom stereocenters. The van der Waals surface area contributed by atoms with Crippen LogP contribution in [0.2, 0.25) is 0 Å². The molecule has 0 aliphatic heterocycles. The highest BCUT2D eigenvalue weighted by Crippen LogP contribution is 2.44. The maximum absolute atomic E-state index is 11.6. The van der Waals surface area contributed by atoms with E-state index in [-0.39, 0.29) is 44.2 Å². The first-order chi connectivity index (χ1) is 16.6. The zero-order valence-electron chi connectivity index (χ0n) is 21.3. The molecular weight excluding hydrogens is 487 g/mol. The van der Waals surface area contributed by atoms with Crippen LogP contribution in [0.15, 0.2) is 0 Å². The fourth-order valence-electron chi connectivity index (χ4n) is 2.20. The summed E-state index contributed by atoms with van der Waals surface area (Å²) >= 11 is 0. The molecule has 0 heterocycles. The van der Waals surface area contributed by atoms with Gasteiger partial charge in [0.05, 0.1) is 72.2 Å². The van der Waals surface area contributed by atoms with Crippen LogP contribution in [0.3, 0.4) is 0 Å². The van der Waals surface area contributed by atoms with E-state index in [1.54, 1.807) is 13.8 Å². The van der Waals surface area contributed by atoms with Gasteiger partial charge in [-0.3, -0.25) is 18.6 Å². The summed E-state index contributed by atoms with van der Waals surface area (Å²) in [5.74, 6) is -0.316. The van der Waals surface area contributed by atoms with Crippen LogP contribution in [0, 0.1) is 5.92 Å². The molecule has 0 saturated carbocycles. The molecule has 0 aromatic carbocycles. The van der Waals surface area contributed by atoms with E-state index in [0.29, 0.717) is 59.3 Å². The molecular formula is C21H43N2O11P. The number of rotatable bonds is 24. The van der Waals surface area contributed by atoms with Crippen molar-refractivity contribution in [1.82, 2.24) is 10.6 Å². The highest BCUT2D eigenvalue weighted by atomic mass is 31.2. The Morgan fingerprint density at radius 2 is 1.17 bits per heavy atom. The van der Waals surface area contributed by atoms with E-state index >= 15 is 0 Å². The summed E-state index contributed by atoms with van der Waals surface area (Å²) in [7, 11) is -4.03. The lowest BCUT2D eigenvalue weighted by Gasteiger charge is -2.14. The van der Waals surface area contributed by atoms with Crippen molar-refractivity contribution in [2.24, 2.45) is 5.92 Å². The van der Waals surface area contributed by atoms with E-state index in [9.17, 15) is 19.0 Å². The molecule has 0 aliphatic rings. The van der Waals surface area contributed by atoms with Gasteiger partial charge >= 0.3 is 7.82 Å². The Hall–Kier alpha value is -1.15. The Kier molecular flexibility index (Phi) is 21.4. The quantitative estimate of drug-likeness (QED) is 0.118. The molecule has 3 N–H and O–H groups in total. The first kappa shape index (κ1) is 33.8. The van der Waals surface area contributed by atoms with E-state index in [2.05, 4.69) is 10.6 Å². The number of phosphoric ester groups is 1. The highest BCUT2D eigenvalue weighted by molar-refractivity contribution is 7.47. The summed E-state index contributed by atoms with van der Waals surface area (Å²) in [4.78, 5) is 32.3. The van der Waals surface area contributed by atoms with Crippen molar-refractivity contribution >= 4 is 19.6 Å². The van der Waals surface area contributed by atoms with Crippen LogP contribution in [-0.2, 0) is 46.9 Å². The lowest BCUT2D eigenvalue weighted by Crippen LogP contribution is -2.32. The maximum atomic E-state index is 11.6. The third-order valence-electron chi connectivity index (χ3n) is 3.81. The molecule has 0 aromatic rings. The van der Waals surface area contributed by atoms with Crippen LogP contribution in [0.1, 0.15) is 27.7 Å². The van der Waals surface area contributed by atoms with Crippen molar-refractivity contribution in [3.8, 4) is 0 Å². The van der Waals surface area contributed by atoms with Crippen LogP contribution in [0.5, 0.6) is 0 Å². The summed E-state index contributed by atoms with van der Waals surface area (Å²) in [6.07, 6.45) is -0.410. The number of phosphoric acid groups is 1. The molecule has 0 bridgehead atoms. The fraction of sp³-hybridized carbons (Fsp3) is 0.905. The van der Waals surface area contributed by atoms with Crippen molar-refractivity contribution in [2.45, 2.75) is 33.8 Å². The molecule has 0 aliphatic carbocycles. The molecule has 14 heteroatoms. The Morgan fingerprint density at radius 3 is 1.69 bits per heavy atom. The van der Waals surface area contributed by atoms with Crippen LogP contribution < -0.4 is 10.6 Å². The second-order valence-corrected chi connectivity index (χ2v) is 9.16. The van der Waals surface area contributed by atoms with Gasteiger partial charge in [-0.25, -0.2) is 4.57 Å². The summed E-state index contributed by atoms with van der Waals surface area (Å²) in [5, 5.41) is 5.41. The van der Waals surface area contributed by atoms with Crippen molar-refractivity contribution in [1.29, 1.82) is 0 Å². The van der Waals surface area contributed by atoms with Gasteiger partial charge in [0.25, 0.3) is 0 Å². The molecule has 0 saturated heterocycles. The Bertz CT molecular complexity index is 594. The number of carbonyl (C=O) groups is 2. The van der Waals surface area contributed by atoms with Gasteiger partial charge in [0.15, 0.2) is 0 Å². The second kappa shape index (κ2) is 22.1. The first-order valence-electron chi connectivity index (χ1n) is 11.7. The van der Waals surface area contributed by atoms with Crippen LogP contribution in [-0.4, -0.2) is 109 Å². The normalized spacial score (nSPS) is 13.2. The largest absolute Gasteiger partial charge is 0.472 e. The lowest BCUT2D eigenvalue weighted by molar-refractivity contribution is -0.127. The van der Waals surface area contributed by atoms with E-state index in [0.717, 1.165) is 0 Å². The van der Waals surface area contributed by atoms with Crippen molar-refractivity contribution in [2.75, 3.05) is 85.8 Å². The van der Waals surface area contributed by atoms with Gasteiger partial charge in [-0.05, 0) is 13.8 Å². The molecule has 0 rings (SSSR count). The zero-order chi connectivity index (χ0) is 26.4. The third kappa shape index (κ3) is 24.3. The molecule has 2 amide bonds. The predicted octanol–water partition coefficient (Wildman–Crippen LogP) is 0.500. The van der Waals surface area contributed by atoms with Crippen LogP contribution in [0.4, 0.5) is 0 Å². The summed E-state index contributed by atoms with van der Waals surface area (Å²) in [5.41, 5.74) is 0. The number of ether oxygens (including phenoxy) is 5. The van der Waals surface area contributed by atoms with E-state index < -0.39 is 13.9 Å². The molecule has 208 valence electrons. The predicted molar refractivity (Wildman–Crippen MR) is 127 cm³/mol. The zero-order valence-corrected chi connectivity index (χ0v) is 22.2. The molecule has 0 radical (unpaired) electrons. The average Bonchev–Trinajstić information content (AvgIpc) is 2.77. The Labute approximate surface area is 208 Å². The molecule has 0 fully saturated rings. The second-order valence-electron chi connectivity index (χ2n) is 7.75. The standard InChI is InChI=1S/C21H43N2O11P/c1-18(2)21(25)23-6-8-29-13-14-32-17-20(24)22-5-7-28-9-10-30-11-12-31-15-16-33-35(26,27)34-19(3)4/h18-19H,5-17H2,1-4H3,(H,22,24)(H,23,25)(H,26,27). The third-order valence-corrected chi connectivity index (χ3v) is 5.01. The SMILES string of the molecule is CC(C)OP(=O)(O)OCCOCCOCCOCCNC(=O)COCCOCCNC(=O)C(C)C. The maximum Gasteiger partial charge on any atom is 0.472 e. The van der Waals surface area contributed by atoms with Gasteiger partial charge in [-0.15, -0.1) is 0 Å². The summed E-state index contributed by atoms with van der Waals surface area (Å²) in [6.45, 7) is 10.4. The summed E-state index contributed by atoms with van der Waals surface area (Å²) in [6, 6.07) is 0. The minimum Gasteiger partial charge on any atom is -0.377 e. The van der Waals surface area contributed by atoms with Gasteiger partial charge in [-0.1, -0.05) is 13.8 Å². The van der Waals surface area contributed by atoms with Gasteiger partial charge in [-0.2, -0.15) is 0 Å². The van der Waals surface area contributed by atoms with Gasteiger partial charge in [0.2, 0.25) is 11.8 Å². The number of amides is 2. The number of nitrogens with one attached hydrogen (secondary N) is 2. The smallest absolute Gasteiger partial charge is 0.377 e. The van der Waals surface area contributed by atoms with Gasteiger partial charge < -0.3 is 39.2 Å². The fourth-order valence-corrected chi connectivity index (χ4v) is 3.10.